The Morgan fingerprint density at radius 1 is 1.56 bits per heavy atom. The molecule has 0 aliphatic heterocycles. The number of carboxylic acid groups (broad SMARTS) is 1. The lowest BCUT2D eigenvalue weighted by atomic mass is 10.0. The lowest BCUT2D eigenvalue weighted by molar-refractivity contribution is -0.136. The minimum absolute atomic E-state index is 0.0117. The zero-order chi connectivity index (χ0) is 12.3. The van der Waals surface area contributed by atoms with Crippen LogP contribution in [0.1, 0.15) is 23.2 Å². The molecule has 1 aromatic heterocycles. The Balaban J connectivity index is 3.30. The second kappa shape index (κ2) is 5.07. The van der Waals surface area contributed by atoms with Crippen LogP contribution in [0.4, 0.5) is 8.78 Å². The first-order valence-electron chi connectivity index (χ1n) is 4.22. The first-order valence-corrected chi connectivity index (χ1v) is 4.76. The third-order valence-corrected chi connectivity index (χ3v) is 2.21. The molecule has 0 bridgehead atoms. The van der Waals surface area contributed by atoms with Crippen LogP contribution in [0.5, 0.6) is 5.75 Å². The third kappa shape index (κ3) is 2.57. The van der Waals surface area contributed by atoms with E-state index in [4.69, 9.17) is 16.7 Å². The highest BCUT2D eigenvalue weighted by Crippen LogP contribution is 2.31. The summed E-state index contributed by atoms with van der Waals surface area (Å²) in [7, 11) is 0. The molecule has 0 unspecified atom stereocenters. The van der Waals surface area contributed by atoms with E-state index in [0.717, 1.165) is 6.20 Å². The fourth-order valence-corrected chi connectivity index (χ4v) is 1.42. The summed E-state index contributed by atoms with van der Waals surface area (Å²) in [6.45, 7) is 0. The average Bonchev–Trinajstić information content (AvgIpc) is 2.19. The summed E-state index contributed by atoms with van der Waals surface area (Å²) in [5.74, 6) is -2.07. The molecule has 2 N–H and O–H groups in total. The molecule has 0 amide bonds. The molecule has 4 nitrogen and oxygen atoms in total. The monoisotopic (exact) mass is 251 g/mol. The van der Waals surface area contributed by atoms with Gasteiger partial charge in [0.1, 0.15) is 5.75 Å². The summed E-state index contributed by atoms with van der Waals surface area (Å²) < 4.78 is 25.0. The van der Waals surface area contributed by atoms with Crippen molar-refractivity contribution in [1.29, 1.82) is 0 Å². The van der Waals surface area contributed by atoms with E-state index in [1.54, 1.807) is 0 Å². The van der Waals surface area contributed by atoms with Crippen LogP contribution in [0.25, 0.3) is 0 Å². The first kappa shape index (κ1) is 12.6. The van der Waals surface area contributed by atoms with E-state index < -0.39 is 30.1 Å². The highest BCUT2D eigenvalue weighted by Gasteiger charge is 2.21. The minimum atomic E-state index is -2.89. The normalized spacial score (nSPS) is 10.8. The van der Waals surface area contributed by atoms with Gasteiger partial charge in [0.2, 0.25) is 0 Å². The summed E-state index contributed by atoms with van der Waals surface area (Å²) in [5, 5.41) is 18.1. The van der Waals surface area contributed by atoms with Crippen LogP contribution in [-0.4, -0.2) is 21.2 Å². The molecule has 1 rings (SSSR count). The number of carbonyl (C=O) groups is 1. The largest absolute Gasteiger partial charge is 0.506 e. The van der Waals surface area contributed by atoms with Gasteiger partial charge in [0.05, 0.1) is 18.0 Å². The van der Waals surface area contributed by atoms with Crippen LogP contribution < -0.4 is 0 Å². The van der Waals surface area contributed by atoms with Crippen molar-refractivity contribution in [1.82, 2.24) is 4.98 Å². The molecular weight excluding hydrogens is 244 g/mol. The molecule has 1 aromatic rings. The predicted octanol–water partition coefficient (Wildman–Crippen LogP) is 2.09. The van der Waals surface area contributed by atoms with Crippen molar-refractivity contribution >= 4 is 17.6 Å². The number of halogens is 3. The predicted molar refractivity (Wildman–Crippen MR) is 51.8 cm³/mol. The van der Waals surface area contributed by atoms with Crippen molar-refractivity contribution < 1.29 is 23.8 Å². The van der Waals surface area contributed by atoms with E-state index in [2.05, 4.69) is 4.98 Å². The molecule has 0 fully saturated rings. The van der Waals surface area contributed by atoms with E-state index in [1.807, 2.05) is 0 Å². The van der Waals surface area contributed by atoms with E-state index in [-0.39, 0.29) is 17.1 Å². The lowest BCUT2D eigenvalue weighted by Gasteiger charge is -2.10. The van der Waals surface area contributed by atoms with Crippen molar-refractivity contribution in [2.24, 2.45) is 0 Å². The summed E-state index contributed by atoms with van der Waals surface area (Å²) in [6, 6.07) is 0. The van der Waals surface area contributed by atoms with Gasteiger partial charge in [0.15, 0.2) is 0 Å². The van der Waals surface area contributed by atoms with Gasteiger partial charge in [-0.05, 0) is 0 Å². The van der Waals surface area contributed by atoms with Gasteiger partial charge >= 0.3 is 5.97 Å². The number of rotatable bonds is 4. The molecule has 0 spiro atoms. The van der Waals surface area contributed by atoms with E-state index >= 15 is 0 Å². The maximum absolute atomic E-state index is 12.5. The maximum Gasteiger partial charge on any atom is 0.307 e. The number of aliphatic carboxylic acids is 1. The second-order valence-electron chi connectivity index (χ2n) is 2.99. The SMILES string of the molecule is O=C(O)Cc1c(C(F)F)cnc(CCl)c1O. The number of aromatic nitrogens is 1. The Kier molecular flexibility index (Phi) is 4.00. The van der Waals surface area contributed by atoms with Gasteiger partial charge in [0.25, 0.3) is 6.43 Å². The number of hydrogen-bond acceptors (Lipinski definition) is 3. The van der Waals surface area contributed by atoms with Crippen molar-refractivity contribution in [2.45, 2.75) is 18.7 Å². The Hall–Kier alpha value is -1.43. The molecule has 0 aromatic carbocycles. The summed E-state index contributed by atoms with van der Waals surface area (Å²) >= 11 is 5.42. The second-order valence-corrected chi connectivity index (χ2v) is 3.26. The van der Waals surface area contributed by atoms with Gasteiger partial charge < -0.3 is 10.2 Å². The first-order chi connectivity index (χ1) is 7.47. The Bertz CT molecular complexity index is 412. The zero-order valence-electron chi connectivity index (χ0n) is 7.95. The summed E-state index contributed by atoms with van der Waals surface area (Å²) in [5.41, 5.74) is -0.941. The van der Waals surface area contributed by atoms with Crippen LogP contribution in [0, 0.1) is 0 Å². The smallest absolute Gasteiger partial charge is 0.307 e. The van der Waals surface area contributed by atoms with Crippen LogP contribution in [0.2, 0.25) is 0 Å². The van der Waals surface area contributed by atoms with Crippen molar-refractivity contribution in [2.75, 3.05) is 0 Å². The molecule has 0 aliphatic rings. The standard InChI is InChI=1S/C9H8ClF2NO3/c10-2-6-8(16)4(1-7(14)15)5(3-13-6)9(11)12/h3,9,16H,1-2H2,(H,14,15). The van der Waals surface area contributed by atoms with E-state index in [9.17, 15) is 18.7 Å². The fourth-order valence-electron chi connectivity index (χ4n) is 1.22. The number of hydrogen-bond donors (Lipinski definition) is 2. The molecule has 0 saturated heterocycles. The molecule has 0 radical (unpaired) electrons. The number of alkyl halides is 3. The Morgan fingerprint density at radius 2 is 2.19 bits per heavy atom. The molecule has 88 valence electrons. The third-order valence-electron chi connectivity index (χ3n) is 1.96. The lowest BCUT2D eigenvalue weighted by Crippen LogP contribution is -2.07. The van der Waals surface area contributed by atoms with E-state index in [0.29, 0.717) is 0 Å². The van der Waals surface area contributed by atoms with Crippen LogP contribution in [0.3, 0.4) is 0 Å². The highest BCUT2D eigenvalue weighted by atomic mass is 35.5. The van der Waals surface area contributed by atoms with Crippen molar-refractivity contribution in [3.05, 3.63) is 23.0 Å². The van der Waals surface area contributed by atoms with Crippen molar-refractivity contribution in [3.63, 3.8) is 0 Å². The van der Waals surface area contributed by atoms with Crippen LogP contribution >= 0.6 is 11.6 Å². The topological polar surface area (TPSA) is 70.4 Å². The van der Waals surface area contributed by atoms with Gasteiger partial charge in [-0.25, -0.2) is 8.78 Å². The molecular formula is C9H8ClF2NO3. The maximum atomic E-state index is 12.5. The van der Waals surface area contributed by atoms with Gasteiger partial charge in [-0.3, -0.25) is 9.78 Å². The van der Waals surface area contributed by atoms with Crippen LogP contribution in [-0.2, 0) is 17.1 Å². The summed E-state index contributed by atoms with van der Waals surface area (Å²) in [4.78, 5) is 14.0. The van der Waals surface area contributed by atoms with Gasteiger partial charge in [-0.2, -0.15) is 0 Å². The molecule has 7 heteroatoms. The Labute approximate surface area is 94.5 Å². The zero-order valence-corrected chi connectivity index (χ0v) is 8.71. The molecule has 16 heavy (non-hydrogen) atoms. The number of nitrogens with zero attached hydrogens (tertiary/aromatic N) is 1. The van der Waals surface area contributed by atoms with Gasteiger partial charge in [-0.1, -0.05) is 0 Å². The fraction of sp³-hybridized carbons (Fsp3) is 0.333. The van der Waals surface area contributed by atoms with E-state index in [1.165, 1.54) is 0 Å². The number of aromatic hydroxyl groups is 1. The minimum Gasteiger partial charge on any atom is -0.506 e. The van der Waals surface area contributed by atoms with Crippen LogP contribution in [0.15, 0.2) is 6.20 Å². The average molecular weight is 252 g/mol. The molecule has 0 atom stereocenters. The van der Waals surface area contributed by atoms with Crippen molar-refractivity contribution in [3.8, 4) is 5.75 Å². The molecule has 1 heterocycles. The molecule has 0 saturated carbocycles. The number of carboxylic acids is 1. The Morgan fingerprint density at radius 3 is 2.62 bits per heavy atom. The quantitative estimate of drug-likeness (QED) is 0.804. The van der Waals surface area contributed by atoms with Gasteiger partial charge in [-0.15, -0.1) is 11.6 Å². The van der Waals surface area contributed by atoms with Gasteiger partial charge in [0, 0.05) is 17.3 Å². The summed E-state index contributed by atoms with van der Waals surface area (Å²) in [6.07, 6.45) is -2.75. The number of pyridine rings is 1. The molecule has 0 aliphatic carbocycles. The highest BCUT2D eigenvalue weighted by molar-refractivity contribution is 6.17.